The fourth-order valence-electron chi connectivity index (χ4n) is 2.25. The predicted octanol–water partition coefficient (Wildman–Crippen LogP) is 2.82. The Bertz CT molecular complexity index is 542. The maximum Gasteiger partial charge on any atom is 0.119 e. The standard InChI is InChI=1S/C19H25NO2/c1-2-16-9-6-10-19(13-16)22-15-18(21)14-20-12-11-17-7-4-3-5-8-17/h3-10,13,18,20-21H,2,11-12,14-15H2,1H3. The van der Waals surface area contributed by atoms with Crippen molar-refractivity contribution in [3.8, 4) is 5.75 Å². The Hall–Kier alpha value is -1.84. The molecule has 3 nitrogen and oxygen atoms in total. The van der Waals surface area contributed by atoms with E-state index in [0.29, 0.717) is 13.2 Å². The number of aliphatic hydroxyl groups excluding tert-OH is 1. The molecule has 0 aromatic heterocycles. The highest BCUT2D eigenvalue weighted by molar-refractivity contribution is 5.28. The van der Waals surface area contributed by atoms with Gasteiger partial charge in [0.25, 0.3) is 0 Å². The van der Waals surface area contributed by atoms with Crippen LogP contribution in [-0.4, -0.2) is 30.9 Å². The van der Waals surface area contributed by atoms with Gasteiger partial charge in [0.1, 0.15) is 18.5 Å². The van der Waals surface area contributed by atoms with Crippen LogP contribution in [0, 0.1) is 0 Å². The summed E-state index contributed by atoms with van der Waals surface area (Å²) in [7, 11) is 0. The highest BCUT2D eigenvalue weighted by Gasteiger charge is 2.05. The van der Waals surface area contributed by atoms with Gasteiger partial charge >= 0.3 is 0 Å². The van der Waals surface area contributed by atoms with Crippen molar-refractivity contribution in [2.24, 2.45) is 0 Å². The number of rotatable bonds is 9. The van der Waals surface area contributed by atoms with E-state index in [1.54, 1.807) is 0 Å². The minimum absolute atomic E-state index is 0.311. The van der Waals surface area contributed by atoms with Gasteiger partial charge in [-0.15, -0.1) is 0 Å². The highest BCUT2D eigenvalue weighted by Crippen LogP contribution is 2.13. The second-order valence-electron chi connectivity index (χ2n) is 5.41. The third kappa shape index (κ3) is 5.88. The lowest BCUT2D eigenvalue weighted by molar-refractivity contribution is 0.106. The van der Waals surface area contributed by atoms with E-state index >= 15 is 0 Å². The summed E-state index contributed by atoms with van der Waals surface area (Å²) in [6.07, 6.45) is 1.45. The Balaban J connectivity index is 1.62. The number of hydrogen-bond donors (Lipinski definition) is 2. The van der Waals surface area contributed by atoms with Crippen molar-refractivity contribution in [1.29, 1.82) is 0 Å². The number of ether oxygens (including phenoxy) is 1. The largest absolute Gasteiger partial charge is 0.491 e. The summed E-state index contributed by atoms with van der Waals surface area (Å²) >= 11 is 0. The molecule has 3 heteroatoms. The lowest BCUT2D eigenvalue weighted by atomic mass is 10.1. The summed E-state index contributed by atoms with van der Waals surface area (Å²) < 4.78 is 5.64. The van der Waals surface area contributed by atoms with Gasteiger partial charge in [-0.05, 0) is 42.6 Å². The Kier molecular flexibility index (Phi) is 6.94. The average Bonchev–Trinajstić information content (AvgIpc) is 2.58. The molecular formula is C19H25NO2. The van der Waals surface area contributed by atoms with E-state index in [-0.39, 0.29) is 0 Å². The molecule has 0 spiro atoms. The molecule has 0 fully saturated rings. The van der Waals surface area contributed by atoms with Gasteiger partial charge in [0, 0.05) is 6.54 Å². The van der Waals surface area contributed by atoms with Gasteiger partial charge in [-0.3, -0.25) is 0 Å². The number of aliphatic hydroxyl groups is 1. The molecule has 2 aromatic rings. The van der Waals surface area contributed by atoms with E-state index < -0.39 is 6.10 Å². The van der Waals surface area contributed by atoms with Crippen LogP contribution in [0.4, 0.5) is 0 Å². The van der Waals surface area contributed by atoms with E-state index in [0.717, 1.165) is 25.1 Å². The van der Waals surface area contributed by atoms with Crippen molar-refractivity contribution in [1.82, 2.24) is 5.32 Å². The van der Waals surface area contributed by atoms with Crippen molar-refractivity contribution >= 4 is 0 Å². The van der Waals surface area contributed by atoms with Gasteiger partial charge in [-0.25, -0.2) is 0 Å². The topological polar surface area (TPSA) is 41.5 Å². The third-order valence-corrected chi connectivity index (χ3v) is 3.56. The molecule has 0 bridgehead atoms. The van der Waals surface area contributed by atoms with Crippen LogP contribution in [0.5, 0.6) is 5.75 Å². The second-order valence-corrected chi connectivity index (χ2v) is 5.41. The van der Waals surface area contributed by atoms with Crippen LogP contribution in [-0.2, 0) is 12.8 Å². The van der Waals surface area contributed by atoms with Crippen molar-refractivity contribution in [3.05, 3.63) is 65.7 Å². The number of benzene rings is 2. The molecule has 1 atom stereocenters. The zero-order valence-electron chi connectivity index (χ0n) is 13.2. The molecule has 2 aromatic carbocycles. The molecule has 0 aliphatic rings. The highest BCUT2D eigenvalue weighted by atomic mass is 16.5. The molecule has 22 heavy (non-hydrogen) atoms. The molecule has 0 saturated carbocycles. The lowest BCUT2D eigenvalue weighted by Crippen LogP contribution is -2.32. The molecule has 2 N–H and O–H groups in total. The Morgan fingerprint density at radius 1 is 1.05 bits per heavy atom. The summed E-state index contributed by atoms with van der Waals surface area (Å²) in [6.45, 7) is 3.82. The lowest BCUT2D eigenvalue weighted by Gasteiger charge is -2.14. The first-order valence-corrected chi connectivity index (χ1v) is 7.92. The van der Waals surface area contributed by atoms with Gasteiger partial charge in [-0.2, -0.15) is 0 Å². The monoisotopic (exact) mass is 299 g/mol. The molecule has 0 aliphatic carbocycles. The zero-order chi connectivity index (χ0) is 15.6. The van der Waals surface area contributed by atoms with Gasteiger partial charge in [0.05, 0.1) is 0 Å². The minimum atomic E-state index is -0.499. The van der Waals surface area contributed by atoms with Crippen LogP contribution in [0.1, 0.15) is 18.1 Å². The first kappa shape index (κ1) is 16.5. The zero-order valence-corrected chi connectivity index (χ0v) is 13.2. The molecule has 0 amide bonds. The second kappa shape index (κ2) is 9.23. The van der Waals surface area contributed by atoms with Crippen LogP contribution < -0.4 is 10.1 Å². The van der Waals surface area contributed by atoms with E-state index in [9.17, 15) is 5.11 Å². The quantitative estimate of drug-likeness (QED) is 0.700. The Morgan fingerprint density at radius 3 is 2.59 bits per heavy atom. The average molecular weight is 299 g/mol. The normalized spacial score (nSPS) is 12.1. The maximum absolute atomic E-state index is 9.95. The SMILES string of the molecule is CCc1cccc(OCC(O)CNCCc2ccccc2)c1. The first-order valence-electron chi connectivity index (χ1n) is 7.92. The summed E-state index contributed by atoms with van der Waals surface area (Å²) in [5.74, 6) is 0.822. The van der Waals surface area contributed by atoms with E-state index in [1.165, 1.54) is 11.1 Å². The molecular weight excluding hydrogens is 274 g/mol. The van der Waals surface area contributed by atoms with Gasteiger partial charge in [0.2, 0.25) is 0 Å². The third-order valence-electron chi connectivity index (χ3n) is 3.56. The van der Waals surface area contributed by atoms with Gasteiger partial charge in [-0.1, -0.05) is 49.4 Å². The molecule has 2 rings (SSSR count). The molecule has 0 heterocycles. The molecule has 0 saturated heterocycles. The van der Waals surface area contributed by atoms with Crippen LogP contribution >= 0.6 is 0 Å². The summed E-state index contributed by atoms with van der Waals surface area (Å²) in [5, 5.41) is 13.2. The smallest absolute Gasteiger partial charge is 0.119 e. The van der Waals surface area contributed by atoms with Crippen LogP contribution in [0.3, 0.4) is 0 Å². The minimum Gasteiger partial charge on any atom is -0.491 e. The molecule has 0 radical (unpaired) electrons. The van der Waals surface area contributed by atoms with E-state index in [4.69, 9.17) is 4.74 Å². The summed E-state index contributed by atoms with van der Waals surface area (Å²) in [4.78, 5) is 0. The van der Waals surface area contributed by atoms with Crippen molar-refractivity contribution in [2.45, 2.75) is 25.9 Å². The first-order chi connectivity index (χ1) is 10.8. The number of nitrogens with one attached hydrogen (secondary N) is 1. The molecule has 118 valence electrons. The fraction of sp³-hybridized carbons (Fsp3) is 0.368. The van der Waals surface area contributed by atoms with Crippen molar-refractivity contribution < 1.29 is 9.84 Å². The Morgan fingerprint density at radius 2 is 1.82 bits per heavy atom. The fourth-order valence-corrected chi connectivity index (χ4v) is 2.25. The summed E-state index contributed by atoms with van der Waals surface area (Å²) in [5.41, 5.74) is 2.55. The Labute approximate surface area is 133 Å². The molecule has 0 aliphatic heterocycles. The van der Waals surface area contributed by atoms with E-state index in [2.05, 4.69) is 30.4 Å². The number of hydrogen-bond acceptors (Lipinski definition) is 3. The summed E-state index contributed by atoms with van der Waals surface area (Å²) in [6, 6.07) is 18.3. The van der Waals surface area contributed by atoms with Crippen LogP contribution in [0.2, 0.25) is 0 Å². The maximum atomic E-state index is 9.95. The molecule has 1 unspecified atom stereocenters. The van der Waals surface area contributed by atoms with Crippen molar-refractivity contribution in [3.63, 3.8) is 0 Å². The number of aryl methyl sites for hydroxylation is 1. The van der Waals surface area contributed by atoms with E-state index in [1.807, 2.05) is 36.4 Å². The predicted molar refractivity (Wildman–Crippen MR) is 90.3 cm³/mol. The van der Waals surface area contributed by atoms with Crippen molar-refractivity contribution in [2.75, 3.05) is 19.7 Å². The van der Waals surface area contributed by atoms with Gasteiger partial charge in [0.15, 0.2) is 0 Å². The van der Waals surface area contributed by atoms with Crippen LogP contribution in [0.25, 0.3) is 0 Å². The van der Waals surface area contributed by atoms with Gasteiger partial charge < -0.3 is 15.2 Å². The van der Waals surface area contributed by atoms with Crippen LogP contribution in [0.15, 0.2) is 54.6 Å².